The van der Waals surface area contributed by atoms with Gasteiger partial charge in [0, 0.05) is 6.42 Å². The third-order valence-corrected chi connectivity index (χ3v) is 5.62. The van der Waals surface area contributed by atoms with Crippen LogP contribution in [0.2, 0.25) is 0 Å². The van der Waals surface area contributed by atoms with Crippen LogP contribution in [-0.4, -0.2) is 52.1 Å². The van der Waals surface area contributed by atoms with Crippen LogP contribution in [0.4, 0.5) is 4.79 Å². The van der Waals surface area contributed by atoms with E-state index in [-0.39, 0.29) is 18.4 Å². The summed E-state index contributed by atoms with van der Waals surface area (Å²) in [5, 5.41) is 8.54. The Morgan fingerprint density at radius 3 is 2.59 bits per heavy atom. The number of carbonyl (C=O) groups is 3. The summed E-state index contributed by atoms with van der Waals surface area (Å²) in [7, 11) is 0. The van der Waals surface area contributed by atoms with Crippen molar-refractivity contribution in [1.82, 2.24) is 15.2 Å². The van der Waals surface area contributed by atoms with E-state index in [9.17, 15) is 14.4 Å². The second-order valence-electron chi connectivity index (χ2n) is 8.00. The molecule has 2 aliphatic rings. The Hall–Kier alpha value is -2.70. The molecule has 7 heteroatoms. The second kappa shape index (κ2) is 9.20. The third kappa shape index (κ3) is 4.83. The molecule has 1 atom stereocenters. The molecule has 1 fully saturated rings. The first-order valence-electron chi connectivity index (χ1n) is 10.5. The Labute approximate surface area is 172 Å². The SMILES string of the molecule is CCCCCCC[C@@]1(C)NC(=O)N(CC(=O)N2CCC(c3ccccc3)=N2)C1=O. The highest BCUT2D eigenvalue weighted by atomic mass is 16.2. The van der Waals surface area contributed by atoms with Crippen molar-refractivity contribution in [2.24, 2.45) is 5.10 Å². The highest BCUT2D eigenvalue weighted by molar-refractivity contribution is 6.09. The van der Waals surface area contributed by atoms with Gasteiger partial charge in [-0.05, 0) is 18.9 Å². The number of imide groups is 1. The summed E-state index contributed by atoms with van der Waals surface area (Å²) in [6.07, 6.45) is 6.63. The molecule has 4 amide bonds. The quantitative estimate of drug-likeness (QED) is 0.512. The second-order valence-corrected chi connectivity index (χ2v) is 8.00. The first kappa shape index (κ1) is 21.0. The van der Waals surface area contributed by atoms with Crippen LogP contribution in [0.25, 0.3) is 0 Å². The largest absolute Gasteiger partial charge is 0.325 e. The summed E-state index contributed by atoms with van der Waals surface area (Å²) in [4.78, 5) is 38.9. The summed E-state index contributed by atoms with van der Waals surface area (Å²) in [6, 6.07) is 9.20. The van der Waals surface area contributed by atoms with Crippen molar-refractivity contribution in [1.29, 1.82) is 0 Å². The van der Waals surface area contributed by atoms with Crippen LogP contribution >= 0.6 is 0 Å². The summed E-state index contributed by atoms with van der Waals surface area (Å²) < 4.78 is 0. The van der Waals surface area contributed by atoms with Gasteiger partial charge in [0.25, 0.3) is 11.8 Å². The van der Waals surface area contributed by atoms with Crippen LogP contribution < -0.4 is 5.32 Å². The fourth-order valence-electron chi connectivity index (χ4n) is 3.83. The normalized spacial score (nSPS) is 21.5. The van der Waals surface area contributed by atoms with E-state index in [0.29, 0.717) is 19.4 Å². The molecule has 1 N–H and O–H groups in total. The maximum Gasteiger partial charge on any atom is 0.325 e. The molecule has 2 heterocycles. The van der Waals surface area contributed by atoms with E-state index in [1.54, 1.807) is 6.92 Å². The molecule has 0 aliphatic carbocycles. The van der Waals surface area contributed by atoms with Crippen molar-refractivity contribution in [3.05, 3.63) is 35.9 Å². The number of rotatable bonds is 9. The van der Waals surface area contributed by atoms with Crippen LogP contribution in [0.15, 0.2) is 35.4 Å². The van der Waals surface area contributed by atoms with E-state index in [4.69, 9.17) is 0 Å². The number of amides is 4. The molecule has 1 saturated heterocycles. The molecule has 0 spiro atoms. The van der Waals surface area contributed by atoms with E-state index in [1.807, 2.05) is 30.3 Å². The maximum atomic E-state index is 12.8. The van der Waals surface area contributed by atoms with Crippen molar-refractivity contribution in [3.63, 3.8) is 0 Å². The van der Waals surface area contributed by atoms with Gasteiger partial charge >= 0.3 is 6.03 Å². The van der Waals surface area contributed by atoms with Gasteiger partial charge < -0.3 is 5.32 Å². The average Bonchev–Trinajstić information content (AvgIpc) is 3.29. The van der Waals surface area contributed by atoms with E-state index >= 15 is 0 Å². The number of nitrogens with one attached hydrogen (secondary N) is 1. The molecule has 0 saturated carbocycles. The predicted molar refractivity (Wildman–Crippen MR) is 111 cm³/mol. The molecule has 156 valence electrons. The zero-order valence-corrected chi connectivity index (χ0v) is 17.3. The molecule has 2 aliphatic heterocycles. The van der Waals surface area contributed by atoms with Crippen molar-refractivity contribution in [3.8, 4) is 0 Å². The van der Waals surface area contributed by atoms with Crippen LogP contribution in [0.3, 0.4) is 0 Å². The Kier molecular flexibility index (Phi) is 6.67. The Morgan fingerprint density at radius 1 is 1.14 bits per heavy atom. The van der Waals surface area contributed by atoms with Gasteiger partial charge in [0.15, 0.2) is 0 Å². The van der Waals surface area contributed by atoms with Crippen LogP contribution in [-0.2, 0) is 9.59 Å². The lowest BCUT2D eigenvalue weighted by molar-refractivity contribution is -0.138. The van der Waals surface area contributed by atoms with Gasteiger partial charge in [0.05, 0.1) is 12.3 Å². The minimum atomic E-state index is -0.924. The van der Waals surface area contributed by atoms with Gasteiger partial charge in [-0.1, -0.05) is 69.4 Å². The number of benzene rings is 1. The van der Waals surface area contributed by atoms with Gasteiger partial charge in [-0.15, -0.1) is 0 Å². The van der Waals surface area contributed by atoms with E-state index < -0.39 is 11.6 Å². The van der Waals surface area contributed by atoms with E-state index in [2.05, 4.69) is 17.3 Å². The molecule has 0 bridgehead atoms. The van der Waals surface area contributed by atoms with Gasteiger partial charge in [-0.25, -0.2) is 9.80 Å². The fourth-order valence-corrected chi connectivity index (χ4v) is 3.83. The molecular formula is C22H30N4O3. The van der Waals surface area contributed by atoms with Gasteiger partial charge in [-0.3, -0.25) is 14.5 Å². The lowest BCUT2D eigenvalue weighted by Gasteiger charge is -2.22. The Bertz CT molecular complexity index is 793. The minimum Gasteiger partial charge on any atom is -0.323 e. The number of carbonyl (C=O) groups excluding carboxylic acids is 3. The molecule has 1 aromatic carbocycles. The third-order valence-electron chi connectivity index (χ3n) is 5.62. The number of hydrogen-bond acceptors (Lipinski definition) is 4. The number of hydrogen-bond donors (Lipinski definition) is 1. The first-order valence-corrected chi connectivity index (χ1v) is 10.5. The lowest BCUT2D eigenvalue weighted by atomic mass is 9.94. The Morgan fingerprint density at radius 2 is 1.86 bits per heavy atom. The van der Waals surface area contributed by atoms with Crippen molar-refractivity contribution in [2.75, 3.05) is 13.1 Å². The fraction of sp³-hybridized carbons (Fsp3) is 0.545. The zero-order chi connectivity index (χ0) is 20.9. The molecule has 0 aromatic heterocycles. The number of urea groups is 1. The highest BCUT2D eigenvalue weighted by Gasteiger charge is 2.48. The molecular weight excluding hydrogens is 368 g/mol. The van der Waals surface area contributed by atoms with Gasteiger partial charge in [0.1, 0.15) is 12.1 Å². The average molecular weight is 399 g/mol. The predicted octanol–water partition coefficient (Wildman–Crippen LogP) is 3.29. The van der Waals surface area contributed by atoms with Crippen LogP contribution in [0.1, 0.15) is 64.4 Å². The van der Waals surface area contributed by atoms with Crippen molar-refractivity contribution >= 4 is 23.6 Å². The summed E-state index contributed by atoms with van der Waals surface area (Å²) >= 11 is 0. The molecule has 3 rings (SSSR count). The summed E-state index contributed by atoms with van der Waals surface area (Å²) in [5.41, 5.74) is 0.897. The molecule has 7 nitrogen and oxygen atoms in total. The molecule has 0 unspecified atom stereocenters. The van der Waals surface area contributed by atoms with Gasteiger partial charge in [-0.2, -0.15) is 5.10 Å². The van der Waals surface area contributed by atoms with Crippen LogP contribution in [0.5, 0.6) is 0 Å². The topological polar surface area (TPSA) is 82.1 Å². The summed E-state index contributed by atoms with van der Waals surface area (Å²) in [5.74, 6) is -0.663. The number of unbranched alkanes of at least 4 members (excludes halogenated alkanes) is 4. The lowest BCUT2D eigenvalue weighted by Crippen LogP contribution is -2.45. The maximum absolute atomic E-state index is 12.8. The number of hydrazone groups is 1. The molecule has 29 heavy (non-hydrogen) atoms. The monoisotopic (exact) mass is 398 g/mol. The standard InChI is InChI=1S/C22H30N4O3/c1-3-4-5-6-10-14-22(2)20(28)25(21(29)23-22)16-19(27)26-15-13-18(24-26)17-11-8-7-9-12-17/h7-9,11-12H,3-6,10,13-16H2,1-2H3,(H,23,29)/t22-/m1/s1. The Balaban J connectivity index is 1.57. The molecule has 1 aromatic rings. The van der Waals surface area contributed by atoms with E-state index in [0.717, 1.165) is 41.9 Å². The van der Waals surface area contributed by atoms with Crippen molar-refractivity contribution in [2.45, 2.75) is 64.3 Å². The van der Waals surface area contributed by atoms with Gasteiger partial charge in [0.2, 0.25) is 0 Å². The number of nitrogens with zero attached hydrogens (tertiary/aromatic N) is 3. The van der Waals surface area contributed by atoms with Crippen molar-refractivity contribution < 1.29 is 14.4 Å². The highest BCUT2D eigenvalue weighted by Crippen LogP contribution is 2.24. The van der Waals surface area contributed by atoms with Crippen LogP contribution in [0, 0.1) is 0 Å². The van der Waals surface area contributed by atoms with E-state index in [1.165, 1.54) is 11.4 Å². The smallest absolute Gasteiger partial charge is 0.323 e. The molecule has 0 radical (unpaired) electrons. The summed E-state index contributed by atoms with van der Waals surface area (Å²) in [6.45, 7) is 4.09. The minimum absolute atomic E-state index is 0.276. The zero-order valence-electron chi connectivity index (χ0n) is 17.3. The first-order chi connectivity index (χ1) is 13.9.